The lowest BCUT2D eigenvalue weighted by molar-refractivity contribution is 0.0320. The highest BCUT2D eigenvalue weighted by Crippen LogP contribution is 2.19. The van der Waals surface area contributed by atoms with Gasteiger partial charge in [-0.1, -0.05) is 13.0 Å². The SMILES string of the molecule is COCCN(C)c1ccc(CN2CC[C@@H](O)[C@H](C)C2)cn1. The molecule has 118 valence electrons. The minimum Gasteiger partial charge on any atom is -0.393 e. The van der Waals surface area contributed by atoms with Gasteiger partial charge in [0, 0.05) is 46.5 Å². The lowest BCUT2D eigenvalue weighted by Gasteiger charge is -2.34. The van der Waals surface area contributed by atoms with E-state index in [0.717, 1.165) is 38.4 Å². The molecule has 1 aliphatic heterocycles. The van der Waals surface area contributed by atoms with Crippen molar-refractivity contribution in [2.75, 3.05) is 45.3 Å². The summed E-state index contributed by atoms with van der Waals surface area (Å²) in [6.07, 6.45) is 2.68. The Hall–Kier alpha value is -1.17. The zero-order valence-electron chi connectivity index (χ0n) is 13.3. The first kappa shape index (κ1) is 16.2. The van der Waals surface area contributed by atoms with Crippen LogP contribution >= 0.6 is 0 Å². The van der Waals surface area contributed by atoms with E-state index in [0.29, 0.717) is 12.5 Å². The molecule has 0 spiro atoms. The van der Waals surface area contributed by atoms with Crippen LogP contribution in [-0.2, 0) is 11.3 Å². The van der Waals surface area contributed by atoms with Gasteiger partial charge in [0.05, 0.1) is 12.7 Å². The van der Waals surface area contributed by atoms with Crippen LogP contribution in [0.25, 0.3) is 0 Å². The van der Waals surface area contributed by atoms with E-state index in [1.165, 1.54) is 5.56 Å². The summed E-state index contributed by atoms with van der Waals surface area (Å²) >= 11 is 0. The maximum Gasteiger partial charge on any atom is 0.128 e. The van der Waals surface area contributed by atoms with E-state index in [1.807, 2.05) is 13.2 Å². The maximum atomic E-state index is 9.78. The summed E-state index contributed by atoms with van der Waals surface area (Å²) in [5.74, 6) is 1.32. The fourth-order valence-corrected chi connectivity index (χ4v) is 2.70. The standard InChI is InChI=1S/C16H27N3O2/c1-13-11-19(7-6-15(13)20)12-14-4-5-16(17-10-14)18(2)8-9-21-3/h4-5,10,13,15,20H,6-9,11-12H2,1-3H3/t13-,15-/m1/s1. The number of likely N-dealkylation sites (N-methyl/N-ethyl adjacent to an activating group) is 1. The smallest absolute Gasteiger partial charge is 0.128 e. The molecule has 0 aliphatic carbocycles. The van der Waals surface area contributed by atoms with Gasteiger partial charge in [-0.15, -0.1) is 0 Å². The van der Waals surface area contributed by atoms with Crippen LogP contribution in [0.1, 0.15) is 18.9 Å². The van der Waals surface area contributed by atoms with Gasteiger partial charge >= 0.3 is 0 Å². The number of likely N-dealkylation sites (tertiary alicyclic amines) is 1. The number of aliphatic hydroxyl groups excluding tert-OH is 1. The van der Waals surface area contributed by atoms with E-state index in [2.05, 4.69) is 33.8 Å². The molecule has 1 fully saturated rings. The average Bonchev–Trinajstić information content (AvgIpc) is 2.49. The van der Waals surface area contributed by atoms with E-state index >= 15 is 0 Å². The molecule has 21 heavy (non-hydrogen) atoms. The van der Waals surface area contributed by atoms with E-state index in [4.69, 9.17) is 4.74 Å². The molecular weight excluding hydrogens is 266 g/mol. The molecule has 2 atom stereocenters. The minimum absolute atomic E-state index is 0.142. The molecule has 1 aromatic rings. The van der Waals surface area contributed by atoms with Gasteiger partial charge in [0.15, 0.2) is 0 Å². The monoisotopic (exact) mass is 293 g/mol. The molecule has 0 saturated carbocycles. The number of pyridine rings is 1. The van der Waals surface area contributed by atoms with Crippen molar-refractivity contribution in [2.24, 2.45) is 5.92 Å². The van der Waals surface area contributed by atoms with E-state index in [1.54, 1.807) is 7.11 Å². The molecule has 2 heterocycles. The fraction of sp³-hybridized carbons (Fsp3) is 0.688. The summed E-state index contributed by atoms with van der Waals surface area (Å²) in [6, 6.07) is 4.20. The van der Waals surface area contributed by atoms with Crippen LogP contribution in [-0.4, -0.2) is 61.5 Å². The van der Waals surface area contributed by atoms with Crippen LogP contribution in [0.4, 0.5) is 5.82 Å². The van der Waals surface area contributed by atoms with E-state index in [-0.39, 0.29) is 6.10 Å². The number of ether oxygens (including phenoxy) is 1. The zero-order valence-corrected chi connectivity index (χ0v) is 13.3. The number of piperidine rings is 1. The topological polar surface area (TPSA) is 48.8 Å². The van der Waals surface area contributed by atoms with Gasteiger partial charge in [-0.3, -0.25) is 4.90 Å². The quantitative estimate of drug-likeness (QED) is 0.858. The summed E-state index contributed by atoms with van der Waals surface area (Å²) < 4.78 is 5.08. The maximum absolute atomic E-state index is 9.78. The fourth-order valence-electron chi connectivity index (χ4n) is 2.70. The Morgan fingerprint density at radius 1 is 1.48 bits per heavy atom. The molecule has 1 aliphatic rings. The predicted molar refractivity (Wildman–Crippen MR) is 84.4 cm³/mol. The Morgan fingerprint density at radius 2 is 2.29 bits per heavy atom. The third-order valence-electron chi connectivity index (χ3n) is 4.18. The Labute approximate surface area is 127 Å². The lowest BCUT2D eigenvalue weighted by atomic mass is 9.96. The van der Waals surface area contributed by atoms with Gasteiger partial charge in [0.2, 0.25) is 0 Å². The third kappa shape index (κ3) is 4.66. The molecule has 1 saturated heterocycles. The van der Waals surface area contributed by atoms with Gasteiger partial charge in [-0.2, -0.15) is 0 Å². The summed E-state index contributed by atoms with van der Waals surface area (Å²) in [7, 11) is 3.73. The second-order valence-electron chi connectivity index (χ2n) is 6.01. The van der Waals surface area contributed by atoms with Crippen molar-refractivity contribution in [2.45, 2.75) is 26.0 Å². The summed E-state index contributed by atoms with van der Waals surface area (Å²) in [4.78, 5) is 9.01. The summed E-state index contributed by atoms with van der Waals surface area (Å²) in [6.45, 7) is 6.48. The van der Waals surface area contributed by atoms with Crippen LogP contribution < -0.4 is 4.90 Å². The predicted octanol–water partition coefficient (Wildman–Crippen LogP) is 1.37. The van der Waals surface area contributed by atoms with Crippen molar-refractivity contribution in [3.63, 3.8) is 0 Å². The number of aliphatic hydroxyl groups is 1. The first-order valence-electron chi connectivity index (χ1n) is 7.65. The molecule has 0 radical (unpaired) electrons. The molecule has 5 heteroatoms. The number of hydrogen-bond acceptors (Lipinski definition) is 5. The molecule has 0 unspecified atom stereocenters. The normalized spacial score (nSPS) is 23.2. The van der Waals surface area contributed by atoms with Crippen LogP contribution in [0.5, 0.6) is 0 Å². The number of methoxy groups -OCH3 is 1. The number of nitrogens with zero attached hydrogens (tertiary/aromatic N) is 3. The zero-order chi connectivity index (χ0) is 15.2. The highest BCUT2D eigenvalue weighted by Gasteiger charge is 2.23. The first-order valence-corrected chi connectivity index (χ1v) is 7.65. The van der Waals surface area contributed by atoms with E-state index in [9.17, 15) is 5.11 Å². The molecule has 1 aromatic heterocycles. The lowest BCUT2D eigenvalue weighted by Crippen LogP contribution is -2.41. The van der Waals surface area contributed by atoms with Gasteiger partial charge in [0.1, 0.15) is 5.82 Å². The Bertz CT molecular complexity index is 424. The molecule has 2 rings (SSSR count). The molecule has 1 N–H and O–H groups in total. The Balaban J connectivity index is 1.87. The minimum atomic E-state index is -0.142. The Kier molecular flexibility index (Phi) is 5.96. The highest BCUT2D eigenvalue weighted by molar-refractivity contribution is 5.38. The second kappa shape index (κ2) is 7.73. The van der Waals surface area contributed by atoms with Crippen LogP contribution in [0.2, 0.25) is 0 Å². The number of anilines is 1. The van der Waals surface area contributed by atoms with Crippen molar-refractivity contribution < 1.29 is 9.84 Å². The van der Waals surface area contributed by atoms with Crippen molar-refractivity contribution in [3.8, 4) is 0 Å². The van der Waals surface area contributed by atoms with Gasteiger partial charge < -0.3 is 14.7 Å². The number of rotatable bonds is 6. The molecule has 5 nitrogen and oxygen atoms in total. The second-order valence-corrected chi connectivity index (χ2v) is 6.01. The largest absolute Gasteiger partial charge is 0.393 e. The summed E-state index contributed by atoms with van der Waals surface area (Å²) in [5, 5.41) is 9.78. The summed E-state index contributed by atoms with van der Waals surface area (Å²) in [5.41, 5.74) is 1.22. The molecule has 0 amide bonds. The number of aromatic nitrogens is 1. The van der Waals surface area contributed by atoms with Crippen LogP contribution in [0, 0.1) is 5.92 Å². The Morgan fingerprint density at radius 3 is 2.90 bits per heavy atom. The van der Waals surface area contributed by atoms with E-state index < -0.39 is 0 Å². The molecule has 0 bridgehead atoms. The van der Waals surface area contributed by atoms with Gasteiger partial charge in [-0.25, -0.2) is 4.98 Å². The van der Waals surface area contributed by atoms with Crippen molar-refractivity contribution in [1.82, 2.24) is 9.88 Å². The van der Waals surface area contributed by atoms with Crippen molar-refractivity contribution in [1.29, 1.82) is 0 Å². The van der Waals surface area contributed by atoms with Gasteiger partial charge in [-0.05, 0) is 24.0 Å². The van der Waals surface area contributed by atoms with Crippen LogP contribution in [0.3, 0.4) is 0 Å². The average molecular weight is 293 g/mol. The highest BCUT2D eigenvalue weighted by atomic mass is 16.5. The molecular formula is C16H27N3O2. The van der Waals surface area contributed by atoms with Crippen LogP contribution in [0.15, 0.2) is 18.3 Å². The number of hydrogen-bond donors (Lipinski definition) is 1. The van der Waals surface area contributed by atoms with Crippen molar-refractivity contribution >= 4 is 5.82 Å². The first-order chi connectivity index (χ1) is 10.1. The van der Waals surface area contributed by atoms with Crippen molar-refractivity contribution in [3.05, 3.63) is 23.9 Å². The van der Waals surface area contributed by atoms with Gasteiger partial charge in [0.25, 0.3) is 0 Å². The third-order valence-corrected chi connectivity index (χ3v) is 4.18. The molecule has 0 aromatic carbocycles.